The molecule has 0 fully saturated rings. The summed E-state index contributed by atoms with van der Waals surface area (Å²) in [7, 11) is 0. The van der Waals surface area contributed by atoms with Crippen molar-refractivity contribution in [3.8, 4) is 10.7 Å². The molecular weight excluding hydrogens is 392 g/mol. The summed E-state index contributed by atoms with van der Waals surface area (Å²) < 4.78 is 4.42. The van der Waals surface area contributed by atoms with Crippen LogP contribution < -0.4 is 5.32 Å². The van der Waals surface area contributed by atoms with Gasteiger partial charge in [-0.05, 0) is 42.2 Å². The summed E-state index contributed by atoms with van der Waals surface area (Å²) in [5, 5.41) is 12.1. The van der Waals surface area contributed by atoms with Crippen molar-refractivity contribution in [3.05, 3.63) is 46.5 Å². The van der Waals surface area contributed by atoms with Gasteiger partial charge < -0.3 is 4.57 Å². The van der Waals surface area contributed by atoms with Crippen LogP contribution in [0.4, 0.5) is 5.95 Å². The number of amides is 1. The fourth-order valence-corrected chi connectivity index (χ4v) is 4.09. The van der Waals surface area contributed by atoms with Crippen molar-refractivity contribution in [1.82, 2.24) is 24.3 Å². The van der Waals surface area contributed by atoms with E-state index in [9.17, 15) is 4.79 Å². The Morgan fingerprint density at radius 2 is 2.07 bits per heavy atom. The lowest BCUT2D eigenvalue weighted by atomic mass is 10.3. The first-order valence-corrected chi connectivity index (χ1v) is 10.4. The molecular formula is C19H20N6OS2. The average Bonchev–Trinajstić information content (AvgIpc) is 3.41. The van der Waals surface area contributed by atoms with Crippen molar-refractivity contribution in [1.29, 1.82) is 0 Å². The van der Waals surface area contributed by atoms with E-state index in [1.807, 2.05) is 50.9 Å². The highest BCUT2D eigenvalue weighted by Crippen LogP contribution is 2.23. The molecule has 7 nitrogen and oxygen atoms in total. The van der Waals surface area contributed by atoms with Gasteiger partial charge in [-0.25, -0.2) is 4.98 Å². The van der Waals surface area contributed by atoms with Gasteiger partial charge in [0, 0.05) is 19.5 Å². The Kier molecular flexibility index (Phi) is 5.36. The summed E-state index contributed by atoms with van der Waals surface area (Å²) in [5.74, 6) is 1.24. The van der Waals surface area contributed by atoms with E-state index in [1.165, 1.54) is 0 Å². The minimum atomic E-state index is -0.104. The van der Waals surface area contributed by atoms with Crippen LogP contribution in [-0.2, 0) is 17.9 Å². The van der Waals surface area contributed by atoms with Crippen LogP contribution in [0.25, 0.3) is 21.7 Å². The highest BCUT2D eigenvalue weighted by molar-refractivity contribution is 7.71. The maximum absolute atomic E-state index is 12.6. The molecule has 3 heterocycles. The molecule has 3 aromatic heterocycles. The largest absolute Gasteiger partial charge is 0.310 e. The lowest BCUT2D eigenvalue weighted by molar-refractivity contribution is -0.116. The maximum atomic E-state index is 12.6. The van der Waals surface area contributed by atoms with E-state index >= 15 is 0 Å². The second-order valence-electron chi connectivity index (χ2n) is 6.36. The SMILES string of the molecule is CCCn1c(NC(=O)CCn2c(-c3cccs3)n[nH]c2=S)nc2ccccc21. The number of nitrogens with one attached hydrogen (secondary N) is 2. The molecule has 1 amide bonds. The first kappa shape index (κ1) is 18.6. The number of carbonyl (C=O) groups is 1. The molecule has 0 saturated heterocycles. The summed E-state index contributed by atoms with van der Waals surface area (Å²) in [6.45, 7) is 3.35. The van der Waals surface area contributed by atoms with Gasteiger partial charge >= 0.3 is 0 Å². The molecule has 2 N–H and O–H groups in total. The van der Waals surface area contributed by atoms with Crippen LogP contribution in [0.2, 0.25) is 0 Å². The number of H-pyrrole nitrogens is 1. The third kappa shape index (κ3) is 3.63. The first-order valence-electron chi connectivity index (χ1n) is 9.11. The molecule has 0 bridgehead atoms. The number of hydrogen-bond acceptors (Lipinski definition) is 5. The molecule has 28 heavy (non-hydrogen) atoms. The zero-order valence-electron chi connectivity index (χ0n) is 15.4. The van der Waals surface area contributed by atoms with E-state index in [4.69, 9.17) is 12.2 Å². The fourth-order valence-electron chi connectivity index (χ4n) is 3.14. The molecule has 0 saturated carbocycles. The van der Waals surface area contributed by atoms with Crippen molar-refractivity contribution < 1.29 is 4.79 Å². The first-order chi connectivity index (χ1) is 13.7. The summed E-state index contributed by atoms with van der Waals surface area (Å²) in [4.78, 5) is 18.2. The molecule has 0 aliphatic heterocycles. The van der Waals surface area contributed by atoms with Gasteiger partial charge in [0.15, 0.2) is 10.6 Å². The Morgan fingerprint density at radius 3 is 2.86 bits per heavy atom. The topological polar surface area (TPSA) is 80.5 Å². The monoisotopic (exact) mass is 412 g/mol. The van der Waals surface area contributed by atoms with Gasteiger partial charge in [-0.2, -0.15) is 5.10 Å². The number of aryl methyl sites for hydroxylation is 1. The van der Waals surface area contributed by atoms with Gasteiger partial charge in [0.05, 0.1) is 15.9 Å². The van der Waals surface area contributed by atoms with Crippen LogP contribution in [0.3, 0.4) is 0 Å². The predicted molar refractivity (Wildman–Crippen MR) is 114 cm³/mol. The molecule has 0 unspecified atom stereocenters. The highest BCUT2D eigenvalue weighted by Gasteiger charge is 2.15. The smallest absolute Gasteiger partial charge is 0.228 e. The third-order valence-corrected chi connectivity index (χ3v) is 5.59. The van der Waals surface area contributed by atoms with Crippen LogP contribution in [0.1, 0.15) is 19.8 Å². The van der Waals surface area contributed by atoms with Gasteiger partial charge in [-0.1, -0.05) is 25.1 Å². The molecule has 4 rings (SSSR count). The van der Waals surface area contributed by atoms with E-state index < -0.39 is 0 Å². The van der Waals surface area contributed by atoms with Crippen molar-refractivity contribution in [2.24, 2.45) is 0 Å². The van der Waals surface area contributed by atoms with Crippen LogP contribution >= 0.6 is 23.6 Å². The number of benzene rings is 1. The fraction of sp³-hybridized carbons (Fsp3) is 0.263. The number of carbonyl (C=O) groups excluding carboxylic acids is 1. The molecule has 0 atom stereocenters. The van der Waals surface area contributed by atoms with Crippen molar-refractivity contribution >= 4 is 46.4 Å². The molecule has 0 spiro atoms. The second kappa shape index (κ2) is 8.07. The number of anilines is 1. The van der Waals surface area contributed by atoms with Crippen molar-refractivity contribution in [3.63, 3.8) is 0 Å². The van der Waals surface area contributed by atoms with Gasteiger partial charge in [0.1, 0.15) is 0 Å². The summed E-state index contributed by atoms with van der Waals surface area (Å²) >= 11 is 6.92. The Hall–Kier alpha value is -2.78. The summed E-state index contributed by atoms with van der Waals surface area (Å²) in [6, 6.07) is 11.9. The number of aromatic amines is 1. The maximum Gasteiger partial charge on any atom is 0.228 e. The minimum absolute atomic E-state index is 0.104. The lowest BCUT2D eigenvalue weighted by Gasteiger charge is -2.09. The van der Waals surface area contributed by atoms with Gasteiger partial charge in [0.2, 0.25) is 11.9 Å². The molecule has 1 aromatic carbocycles. The van der Waals surface area contributed by atoms with Crippen molar-refractivity contribution in [2.75, 3.05) is 5.32 Å². The van der Waals surface area contributed by atoms with E-state index in [2.05, 4.69) is 27.4 Å². The van der Waals surface area contributed by atoms with Crippen LogP contribution in [0.5, 0.6) is 0 Å². The number of aromatic nitrogens is 5. The Bertz CT molecular complexity index is 1150. The van der Waals surface area contributed by atoms with Crippen LogP contribution in [0.15, 0.2) is 41.8 Å². The number of nitrogens with zero attached hydrogens (tertiary/aromatic N) is 4. The zero-order chi connectivity index (χ0) is 19.5. The molecule has 0 radical (unpaired) electrons. The third-order valence-electron chi connectivity index (χ3n) is 4.42. The predicted octanol–water partition coefficient (Wildman–Crippen LogP) is 4.46. The zero-order valence-corrected chi connectivity index (χ0v) is 17.0. The van der Waals surface area contributed by atoms with E-state index in [1.54, 1.807) is 11.3 Å². The highest BCUT2D eigenvalue weighted by atomic mass is 32.1. The molecule has 0 aliphatic rings. The van der Waals surface area contributed by atoms with E-state index in [0.29, 0.717) is 17.3 Å². The Labute approximate surface area is 171 Å². The standard InChI is InChI=1S/C19H20N6OS2/c1-2-10-24-14-7-4-3-6-13(14)20-18(24)21-16(26)9-11-25-17(22-23-19(25)27)15-8-5-12-28-15/h3-8,12H,2,9-11H2,1H3,(H,23,27)(H,20,21,26). The number of fused-ring (bicyclic) bond motifs is 1. The van der Waals surface area contributed by atoms with Gasteiger partial charge in [-0.3, -0.25) is 19.8 Å². The van der Waals surface area contributed by atoms with Crippen molar-refractivity contribution in [2.45, 2.75) is 32.9 Å². The van der Waals surface area contributed by atoms with Crippen LogP contribution in [-0.4, -0.2) is 30.2 Å². The Morgan fingerprint density at radius 1 is 1.21 bits per heavy atom. The molecule has 9 heteroatoms. The quantitative estimate of drug-likeness (QED) is 0.439. The number of thiophene rings is 1. The molecule has 144 valence electrons. The number of hydrogen-bond donors (Lipinski definition) is 2. The molecule has 0 aliphatic carbocycles. The van der Waals surface area contributed by atoms with Gasteiger partial charge in [-0.15, -0.1) is 11.3 Å². The normalized spacial score (nSPS) is 11.2. The number of rotatable bonds is 7. The molecule has 4 aromatic rings. The minimum Gasteiger partial charge on any atom is -0.310 e. The number of para-hydroxylation sites is 2. The summed E-state index contributed by atoms with van der Waals surface area (Å²) in [6.07, 6.45) is 1.24. The lowest BCUT2D eigenvalue weighted by Crippen LogP contribution is -2.18. The second-order valence-corrected chi connectivity index (χ2v) is 7.69. The van der Waals surface area contributed by atoms with Crippen LogP contribution in [0, 0.1) is 4.77 Å². The van der Waals surface area contributed by atoms with E-state index in [0.717, 1.165) is 34.7 Å². The number of imidazole rings is 1. The van der Waals surface area contributed by atoms with E-state index in [-0.39, 0.29) is 12.3 Å². The van der Waals surface area contributed by atoms with Gasteiger partial charge in [0.25, 0.3) is 0 Å². The average molecular weight is 413 g/mol. The Balaban J connectivity index is 1.51. The summed E-state index contributed by atoms with van der Waals surface area (Å²) in [5.41, 5.74) is 1.90.